The van der Waals surface area contributed by atoms with Gasteiger partial charge in [-0.05, 0) is 100 Å². The molecule has 0 aliphatic carbocycles. The normalized spacial score (nSPS) is 11.6. The van der Waals surface area contributed by atoms with Gasteiger partial charge in [0, 0.05) is 38.9 Å². The first kappa shape index (κ1) is 26.0. The Kier molecular flexibility index (Phi) is 5.73. The van der Waals surface area contributed by atoms with Crippen LogP contribution in [0.3, 0.4) is 0 Å². The van der Waals surface area contributed by atoms with Gasteiger partial charge in [-0.2, -0.15) is 5.26 Å². The van der Waals surface area contributed by atoms with Gasteiger partial charge >= 0.3 is 0 Å². The lowest BCUT2D eigenvalue weighted by atomic mass is 10.00. The second-order valence-electron chi connectivity index (χ2n) is 12.0. The van der Waals surface area contributed by atoms with E-state index in [4.69, 9.17) is 0 Å². The van der Waals surface area contributed by atoms with Crippen molar-refractivity contribution in [1.29, 1.82) is 5.26 Å². The van der Waals surface area contributed by atoms with Crippen LogP contribution in [0.15, 0.2) is 109 Å². The summed E-state index contributed by atoms with van der Waals surface area (Å²) in [5.74, 6) is 0. The summed E-state index contributed by atoms with van der Waals surface area (Å²) in [5, 5.41) is 14.9. The van der Waals surface area contributed by atoms with Crippen molar-refractivity contribution in [3.8, 4) is 28.6 Å². The Morgan fingerprint density at radius 2 is 0.955 bits per heavy atom. The first-order chi connectivity index (χ1) is 21.4. The third-order valence-corrected chi connectivity index (χ3v) is 8.85. The Bertz CT molecular complexity index is 2380. The minimum absolute atomic E-state index is 0.618. The number of aryl methyl sites for hydroxylation is 4. The molecule has 0 atom stereocenters. The molecule has 3 heterocycles. The molecule has 44 heavy (non-hydrogen) atoms. The van der Waals surface area contributed by atoms with Crippen LogP contribution in [0.5, 0.6) is 0 Å². The first-order valence-corrected chi connectivity index (χ1v) is 14.9. The fourth-order valence-corrected chi connectivity index (χ4v) is 6.83. The van der Waals surface area contributed by atoms with E-state index in [1.807, 2.05) is 24.5 Å². The smallest absolute Gasteiger partial charge is 0.0991 e. The molecule has 0 amide bonds. The van der Waals surface area contributed by atoms with Crippen molar-refractivity contribution in [3.63, 3.8) is 0 Å². The third-order valence-electron chi connectivity index (χ3n) is 8.85. The van der Waals surface area contributed by atoms with Crippen molar-refractivity contribution >= 4 is 43.6 Å². The standard InChI is InChI=1S/C40H30N4/c1-24-5-10-35-30(17-24)31-18-25(2)6-11-36(31)43(35)39-14-9-28(22-41)21-34(39)29-15-16-42-23-40(29)44-37-12-7-26(3)19-32(37)33-20-27(4)8-13-38(33)44/h5-21,23H,1-4H3. The summed E-state index contributed by atoms with van der Waals surface area (Å²) in [5.41, 5.74) is 14.1. The predicted molar refractivity (Wildman–Crippen MR) is 182 cm³/mol. The monoisotopic (exact) mass is 566 g/mol. The lowest BCUT2D eigenvalue weighted by molar-refractivity contribution is 1.13. The van der Waals surface area contributed by atoms with Gasteiger partial charge in [0.25, 0.3) is 0 Å². The van der Waals surface area contributed by atoms with Crippen LogP contribution < -0.4 is 0 Å². The molecular weight excluding hydrogens is 536 g/mol. The summed E-state index contributed by atoms with van der Waals surface area (Å²) >= 11 is 0. The van der Waals surface area contributed by atoms with Gasteiger partial charge in [-0.1, -0.05) is 46.5 Å². The number of pyridine rings is 1. The fourth-order valence-electron chi connectivity index (χ4n) is 6.83. The molecule has 0 unspecified atom stereocenters. The van der Waals surface area contributed by atoms with Gasteiger partial charge in [-0.3, -0.25) is 4.98 Å². The van der Waals surface area contributed by atoms with Crippen LogP contribution in [-0.2, 0) is 0 Å². The summed E-state index contributed by atoms with van der Waals surface area (Å²) in [6.45, 7) is 8.57. The van der Waals surface area contributed by atoms with Crippen molar-refractivity contribution in [2.75, 3.05) is 0 Å². The lowest BCUT2D eigenvalue weighted by Gasteiger charge is -2.18. The molecule has 210 valence electrons. The summed E-state index contributed by atoms with van der Waals surface area (Å²) in [7, 11) is 0. The molecule has 0 bridgehead atoms. The number of rotatable bonds is 3. The highest BCUT2D eigenvalue weighted by Crippen LogP contribution is 2.41. The van der Waals surface area contributed by atoms with Crippen molar-refractivity contribution < 1.29 is 0 Å². The SMILES string of the molecule is Cc1ccc2c(c1)c1cc(C)ccc1n2-c1ccc(C#N)cc1-c1ccncc1-n1c2ccc(C)cc2c2cc(C)ccc21. The van der Waals surface area contributed by atoms with Gasteiger partial charge in [-0.15, -0.1) is 0 Å². The molecular formula is C40H30N4. The molecule has 0 aliphatic rings. The van der Waals surface area contributed by atoms with Crippen LogP contribution in [0.4, 0.5) is 0 Å². The Hall–Kier alpha value is -5.66. The molecule has 0 radical (unpaired) electrons. The maximum Gasteiger partial charge on any atom is 0.0991 e. The number of fused-ring (bicyclic) bond motifs is 6. The number of hydrogen-bond donors (Lipinski definition) is 0. The van der Waals surface area contributed by atoms with Crippen LogP contribution in [0.25, 0.3) is 66.1 Å². The summed E-state index contributed by atoms with van der Waals surface area (Å²) in [4.78, 5) is 4.64. The van der Waals surface area contributed by atoms with Gasteiger partial charge < -0.3 is 9.13 Å². The molecule has 4 heteroatoms. The number of benzene rings is 5. The van der Waals surface area contributed by atoms with Crippen molar-refractivity contribution in [2.45, 2.75) is 27.7 Å². The van der Waals surface area contributed by atoms with E-state index >= 15 is 0 Å². The van der Waals surface area contributed by atoms with Gasteiger partial charge in [0.1, 0.15) is 0 Å². The summed E-state index contributed by atoms with van der Waals surface area (Å²) in [6, 6.07) is 37.1. The number of hydrogen-bond acceptors (Lipinski definition) is 2. The molecule has 0 aliphatic heterocycles. The zero-order valence-corrected chi connectivity index (χ0v) is 25.2. The third kappa shape index (κ3) is 3.87. The van der Waals surface area contributed by atoms with Crippen LogP contribution >= 0.6 is 0 Å². The highest BCUT2D eigenvalue weighted by atomic mass is 15.0. The van der Waals surface area contributed by atoms with Crippen LogP contribution in [0, 0.1) is 39.0 Å². The molecule has 8 aromatic rings. The van der Waals surface area contributed by atoms with Crippen LogP contribution in [-0.4, -0.2) is 14.1 Å². The number of nitrogens with zero attached hydrogens (tertiary/aromatic N) is 4. The minimum Gasteiger partial charge on any atom is -0.309 e. The van der Waals surface area contributed by atoms with E-state index in [0.717, 1.165) is 44.6 Å². The van der Waals surface area contributed by atoms with Gasteiger partial charge in [0.15, 0.2) is 0 Å². The van der Waals surface area contributed by atoms with E-state index in [0.29, 0.717) is 5.56 Å². The van der Waals surface area contributed by atoms with E-state index in [-0.39, 0.29) is 0 Å². The molecule has 8 rings (SSSR count). The topological polar surface area (TPSA) is 46.5 Å². The Balaban J connectivity index is 1.49. The zero-order chi connectivity index (χ0) is 30.1. The van der Waals surface area contributed by atoms with Crippen LogP contribution in [0.2, 0.25) is 0 Å². The summed E-state index contributed by atoms with van der Waals surface area (Å²) < 4.78 is 4.68. The molecule has 3 aromatic heterocycles. The molecule has 0 saturated carbocycles. The maximum absolute atomic E-state index is 10.0. The molecule has 5 aromatic carbocycles. The van der Waals surface area contributed by atoms with E-state index in [1.165, 1.54) is 43.8 Å². The predicted octanol–water partition coefficient (Wildman–Crippen LogP) is 10.0. The molecule has 0 fully saturated rings. The highest BCUT2D eigenvalue weighted by molar-refractivity contribution is 6.12. The van der Waals surface area contributed by atoms with Gasteiger partial charge in [0.05, 0.1) is 51.3 Å². The highest BCUT2D eigenvalue weighted by Gasteiger charge is 2.21. The lowest BCUT2D eigenvalue weighted by Crippen LogP contribution is -2.02. The Morgan fingerprint density at radius 3 is 1.41 bits per heavy atom. The second-order valence-corrected chi connectivity index (χ2v) is 12.0. The van der Waals surface area contributed by atoms with Crippen molar-refractivity contribution in [1.82, 2.24) is 14.1 Å². The number of aromatic nitrogens is 3. The second kappa shape index (κ2) is 9.69. The number of nitriles is 1. The Labute approximate surface area is 256 Å². The fraction of sp³-hybridized carbons (Fsp3) is 0.100. The zero-order valence-electron chi connectivity index (χ0n) is 25.2. The van der Waals surface area contributed by atoms with Crippen LogP contribution in [0.1, 0.15) is 27.8 Å². The minimum atomic E-state index is 0.618. The van der Waals surface area contributed by atoms with E-state index in [9.17, 15) is 5.26 Å². The van der Waals surface area contributed by atoms with Crippen molar-refractivity contribution in [3.05, 3.63) is 137 Å². The average molecular weight is 567 g/mol. The molecule has 4 nitrogen and oxygen atoms in total. The van der Waals surface area contributed by atoms with E-state index in [2.05, 4.69) is 133 Å². The molecule has 0 spiro atoms. The average Bonchev–Trinajstić information content (AvgIpc) is 3.51. The van der Waals surface area contributed by atoms with Crippen molar-refractivity contribution in [2.24, 2.45) is 0 Å². The quantitative estimate of drug-likeness (QED) is 0.214. The first-order valence-electron chi connectivity index (χ1n) is 14.9. The van der Waals surface area contributed by atoms with Gasteiger partial charge in [-0.25, -0.2) is 0 Å². The van der Waals surface area contributed by atoms with Gasteiger partial charge in [0.2, 0.25) is 0 Å². The molecule has 0 saturated heterocycles. The largest absolute Gasteiger partial charge is 0.309 e. The van der Waals surface area contributed by atoms with E-state index < -0.39 is 0 Å². The Morgan fingerprint density at radius 1 is 0.500 bits per heavy atom. The molecule has 0 N–H and O–H groups in total. The maximum atomic E-state index is 10.0. The van der Waals surface area contributed by atoms with E-state index in [1.54, 1.807) is 0 Å². The summed E-state index contributed by atoms with van der Waals surface area (Å²) in [6.07, 6.45) is 3.80.